The molecule has 0 aromatic carbocycles. The van der Waals surface area contributed by atoms with Crippen molar-refractivity contribution >= 4 is 46.4 Å². The molecule has 9 heteroatoms. The van der Waals surface area contributed by atoms with Crippen molar-refractivity contribution in [3.63, 3.8) is 0 Å². The van der Waals surface area contributed by atoms with Crippen molar-refractivity contribution in [2.45, 2.75) is 31.8 Å². The summed E-state index contributed by atoms with van der Waals surface area (Å²) in [6, 6.07) is 2.22. The molecule has 140 valence electrons. The first kappa shape index (κ1) is 20.6. The zero-order chi connectivity index (χ0) is 15.9. The number of hydrogen-bond acceptors (Lipinski definition) is 6. The minimum absolute atomic E-state index is 0. The third kappa shape index (κ3) is 3.86. The number of hydrogen-bond donors (Lipinski definition) is 3. The van der Waals surface area contributed by atoms with Gasteiger partial charge < -0.3 is 15.4 Å². The van der Waals surface area contributed by atoms with Gasteiger partial charge in [-0.2, -0.15) is 0 Å². The van der Waals surface area contributed by atoms with Gasteiger partial charge in [0.2, 0.25) is 0 Å². The molecule has 4 rings (SSSR count). The van der Waals surface area contributed by atoms with E-state index < -0.39 is 0 Å². The third-order valence-corrected chi connectivity index (χ3v) is 6.30. The van der Waals surface area contributed by atoms with Crippen molar-refractivity contribution in [3.8, 4) is 0 Å². The molecule has 3 N–H and O–H groups in total. The summed E-state index contributed by atoms with van der Waals surface area (Å²) in [5, 5.41) is 15.3. The van der Waals surface area contributed by atoms with Crippen molar-refractivity contribution < 1.29 is 5.11 Å². The van der Waals surface area contributed by atoms with Crippen LogP contribution >= 0.6 is 36.2 Å². The lowest BCUT2D eigenvalue weighted by Gasteiger charge is -2.50. The minimum atomic E-state index is -0.0440. The SMILES string of the molecule is Cl.Cl.O=c1[nH]c(CN2CC[C@@]3(CO)CCCN[C@@H]3C2)nc2ccsc12. The summed E-state index contributed by atoms with van der Waals surface area (Å²) in [7, 11) is 0. The first-order valence-electron chi connectivity index (χ1n) is 8.23. The van der Waals surface area contributed by atoms with Crippen molar-refractivity contribution in [1.82, 2.24) is 20.2 Å². The summed E-state index contributed by atoms with van der Waals surface area (Å²) < 4.78 is 0.695. The fourth-order valence-electron chi connectivity index (χ4n) is 4.02. The maximum absolute atomic E-state index is 12.1. The number of thiophene rings is 1. The molecule has 2 aliphatic rings. The molecule has 0 radical (unpaired) electrons. The quantitative estimate of drug-likeness (QED) is 0.723. The Kier molecular flexibility index (Phi) is 6.87. The lowest BCUT2D eigenvalue weighted by molar-refractivity contribution is -0.0156. The van der Waals surface area contributed by atoms with E-state index in [-0.39, 0.29) is 42.4 Å². The van der Waals surface area contributed by atoms with Crippen LogP contribution in [0, 0.1) is 5.41 Å². The maximum atomic E-state index is 12.1. The van der Waals surface area contributed by atoms with E-state index in [2.05, 4.69) is 20.2 Å². The molecule has 0 spiro atoms. The Morgan fingerprint density at radius 3 is 3.04 bits per heavy atom. The number of aromatic amines is 1. The van der Waals surface area contributed by atoms with Gasteiger partial charge >= 0.3 is 0 Å². The Morgan fingerprint density at radius 1 is 1.40 bits per heavy atom. The topological polar surface area (TPSA) is 81.2 Å². The summed E-state index contributed by atoms with van der Waals surface area (Å²) in [5.74, 6) is 0.730. The number of halogens is 2. The summed E-state index contributed by atoms with van der Waals surface area (Å²) >= 11 is 1.43. The predicted octanol–water partition coefficient (Wildman–Crippen LogP) is 1.76. The molecule has 6 nitrogen and oxygen atoms in total. The minimum Gasteiger partial charge on any atom is -0.396 e. The van der Waals surface area contributed by atoms with Crippen LogP contribution in [-0.2, 0) is 6.54 Å². The monoisotopic (exact) mass is 406 g/mol. The second-order valence-corrected chi connectivity index (χ2v) is 7.68. The highest BCUT2D eigenvalue weighted by atomic mass is 35.5. The Morgan fingerprint density at radius 2 is 2.24 bits per heavy atom. The average Bonchev–Trinajstić information content (AvgIpc) is 3.04. The van der Waals surface area contributed by atoms with Gasteiger partial charge in [-0.05, 0) is 43.8 Å². The van der Waals surface area contributed by atoms with Gasteiger partial charge in [-0.15, -0.1) is 36.2 Å². The van der Waals surface area contributed by atoms with E-state index in [1.165, 1.54) is 11.3 Å². The standard InChI is InChI=1S/C16H22N4O2S.2ClH/c21-10-16-3-1-5-17-12(16)8-20(6-4-16)9-13-18-11-2-7-23-14(11)15(22)19-13;;/h2,7,12,17,21H,1,3-6,8-10H2,(H,18,19,22);2*1H/t12-,16-;;/m1../s1. The van der Waals surface area contributed by atoms with Gasteiger partial charge in [0.15, 0.2) is 0 Å². The number of nitrogens with one attached hydrogen (secondary N) is 2. The zero-order valence-corrected chi connectivity index (χ0v) is 16.3. The molecule has 2 aliphatic heterocycles. The number of fused-ring (bicyclic) bond motifs is 2. The van der Waals surface area contributed by atoms with E-state index in [1.54, 1.807) is 0 Å². The van der Waals surface area contributed by atoms with Crippen LogP contribution in [0.3, 0.4) is 0 Å². The molecule has 0 bridgehead atoms. The Hall–Kier alpha value is -0.700. The number of piperidine rings is 2. The van der Waals surface area contributed by atoms with E-state index in [0.717, 1.165) is 50.2 Å². The van der Waals surface area contributed by atoms with E-state index in [9.17, 15) is 9.90 Å². The van der Waals surface area contributed by atoms with Crippen molar-refractivity contribution in [2.24, 2.45) is 5.41 Å². The van der Waals surface area contributed by atoms with Gasteiger partial charge in [-0.3, -0.25) is 9.69 Å². The Bertz CT molecular complexity index is 768. The maximum Gasteiger partial charge on any atom is 0.268 e. The van der Waals surface area contributed by atoms with Gasteiger partial charge in [0.25, 0.3) is 5.56 Å². The largest absolute Gasteiger partial charge is 0.396 e. The van der Waals surface area contributed by atoms with Gasteiger partial charge in [0, 0.05) is 18.0 Å². The van der Waals surface area contributed by atoms with Crippen LogP contribution in [0.25, 0.3) is 10.2 Å². The second-order valence-electron chi connectivity index (χ2n) is 6.76. The highest BCUT2D eigenvalue weighted by Gasteiger charge is 2.43. The van der Waals surface area contributed by atoms with Crippen LogP contribution in [0.4, 0.5) is 0 Å². The molecule has 25 heavy (non-hydrogen) atoms. The number of aliphatic hydroxyl groups excluding tert-OH is 1. The molecule has 2 saturated heterocycles. The van der Waals surface area contributed by atoms with E-state index in [4.69, 9.17) is 0 Å². The number of likely N-dealkylation sites (tertiary alicyclic amines) is 1. The molecule has 0 amide bonds. The van der Waals surface area contributed by atoms with Gasteiger partial charge in [0.05, 0.1) is 18.7 Å². The summed E-state index contributed by atoms with van der Waals surface area (Å²) in [6.45, 7) is 3.77. The predicted molar refractivity (Wildman–Crippen MR) is 105 cm³/mol. The summed E-state index contributed by atoms with van der Waals surface area (Å²) in [4.78, 5) is 21.9. The molecule has 4 heterocycles. The average molecular weight is 407 g/mol. The van der Waals surface area contributed by atoms with Gasteiger partial charge in [-0.25, -0.2) is 4.98 Å². The number of nitrogens with zero attached hydrogens (tertiary/aromatic N) is 2. The molecule has 0 unspecified atom stereocenters. The van der Waals surface area contributed by atoms with Crippen LogP contribution in [0.15, 0.2) is 16.2 Å². The van der Waals surface area contributed by atoms with E-state index >= 15 is 0 Å². The Balaban J connectivity index is 0.00000113. The van der Waals surface area contributed by atoms with Crippen LogP contribution in [0.2, 0.25) is 0 Å². The van der Waals surface area contributed by atoms with E-state index in [1.807, 2.05) is 11.4 Å². The van der Waals surface area contributed by atoms with Gasteiger partial charge in [0.1, 0.15) is 10.5 Å². The van der Waals surface area contributed by atoms with Crippen LogP contribution in [-0.4, -0.2) is 52.3 Å². The van der Waals surface area contributed by atoms with Crippen LogP contribution in [0.1, 0.15) is 25.1 Å². The molecular weight excluding hydrogens is 383 g/mol. The smallest absolute Gasteiger partial charge is 0.268 e. The fourth-order valence-corrected chi connectivity index (χ4v) is 4.74. The van der Waals surface area contributed by atoms with E-state index in [0.29, 0.717) is 17.3 Å². The Labute approximate surface area is 162 Å². The number of aliphatic hydroxyl groups is 1. The third-order valence-electron chi connectivity index (χ3n) is 5.40. The van der Waals surface area contributed by atoms with Crippen LogP contribution < -0.4 is 10.9 Å². The molecule has 2 aromatic heterocycles. The summed E-state index contributed by atoms with van der Waals surface area (Å²) in [5.41, 5.74) is 0.774. The molecular formula is C16H24Cl2N4O2S. The summed E-state index contributed by atoms with van der Waals surface area (Å²) in [6.07, 6.45) is 3.23. The molecule has 2 atom stereocenters. The molecule has 0 aliphatic carbocycles. The lowest BCUT2D eigenvalue weighted by Crippen LogP contribution is -2.61. The zero-order valence-electron chi connectivity index (χ0n) is 13.9. The van der Waals surface area contributed by atoms with Gasteiger partial charge in [-0.1, -0.05) is 0 Å². The second kappa shape index (κ2) is 8.33. The normalized spacial score (nSPS) is 26.5. The first-order valence-corrected chi connectivity index (χ1v) is 9.11. The highest BCUT2D eigenvalue weighted by Crippen LogP contribution is 2.38. The van der Waals surface area contributed by atoms with Crippen molar-refractivity contribution in [1.29, 1.82) is 0 Å². The molecule has 2 aromatic rings. The lowest BCUT2D eigenvalue weighted by atomic mass is 9.70. The number of H-pyrrole nitrogens is 1. The molecule has 2 fully saturated rings. The number of rotatable bonds is 3. The highest BCUT2D eigenvalue weighted by molar-refractivity contribution is 7.17. The fraction of sp³-hybridized carbons (Fsp3) is 0.625. The first-order chi connectivity index (χ1) is 11.2. The van der Waals surface area contributed by atoms with Crippen molar-refractivity contribution in [2.75, 3.05) is 26.2 Å². The number of aromatic nitrogens is 2. The van der Waals surface area contributed by atoms with Crippen LogP contribution in [0.5, 0.6) is 0 Å². The molecule has 0 saturated carbocycles. The van der Waals surface area contributed by atoms with Crippen molar-refractivity contribution in [3.05, 3.63) is 27.6 Å².